The van der Waals surface area contributed by atoms with Crippen LogP contribution in [0.2, 0.25) is 0 Å². The van der Waals surface area contributed by atoms with E-state index < -0.39 is 23.1 Å². The van der Waals surface area contributed by atoms with Gasteiger partial charge in [-0.05, 0) is 64.3 Å². The van der Waals surface area contributed by atoms with E-state index in [0.29, 0.717) is 42.1 Å². The van der Waals surface area contributed by atoms with Crippen LogP contribution in [0, 0.1) is 0 Å². The number of benzene rings is 2. The van der Waals surface area contributed by atoms with Gasteiger partial charge in [-0.25, -0.2) is 0 Å². The van der Waals surface area contributed by atoms with Crippen molar-refractivity contribution in [3.8, 4) is 5.75 Å². The second-order valence-corrected chi connectivity index (χ2v) is 8.72. The van der Waals surface area contributed by atoms with E-state index in [2.05, 4.69) is 0 Å². The van der Waals surface area contributed by atoms with Gasteiger partial charge in [0.15, 0.2) is 5.54 Å². The van der Waals surface area contributed by atoms with Crippen molar-refractivity contribution in [3.05, 3.63) is 65.2 Å². The molecule has 1 spiro atoms. The molecular formula is C26H29N3O5. The summed E-state index contributed by atoms with van der Waals surface area (Å²) >= 11 is 0. The zero-order chi connectivity index (χ0) is 24.6. The number of likely N-dealkylation sites (N-methyl/N-ethyl adjacent to an activating group) is 1. The summed E-state index contributed by atoms with van der Waals surface area (Å²) in [6.45, 7) is 3.22. The van der Waals surface area contributed by atoms with Crippen molar-refractivity contribution in [1.82, 2.24) is 9.80 Å². The summed E-state index contributed by atoms with van der Waals surface area (Å²) in [5, 5.41) is 11.4. The summed E-state index contributed by atoms with van der Waals surface area (Å²) in [6.07, 6.45) is 0.560. The normalized spacial score (nSPS) is 21.1. The van der Waals surface area contributed by atoms with Crippen LogP contribution in [-0.4, -0.2) is 73.3 Å². The number of hydrogen-bond donors (Lipinski definition) is 1. The molecule has 4 rings (SSSR count). The van der Waals surface area contributed by atoms with Crippen LogP contribution in [0.3, 0.4) is 0 Å². The predicted molar refractivity (Wildman–Crippen MR) is 129 cm³/mol. The average Bonchev–Trinajstić information content (AvgIpc) is 3.18. The number of aliphatic hydroxyl groups excluding tert-OH is 1. The molecular weight excluding hydrogens is 434 g/mol. The fourth-order valence-corrected chi connectivity index (χ4v) is 4.84. The van der Waals surface area contributed by atoms with Crippen LogP contribution in [0.1, 0.15) is 24.5 Å². The summed E-state index contributed by atoms with van der Waals surface area (Å²) in [4.78, 5) is 45.4. The van der Waals surface area contributed by atoms with Crippen LogP contribution < -0.4 is 9.64 Å². The van der Waals surface area contributed by atoms with E-state index >= 15 is 0 Å². The second-order valence-electron chi connectivity index (χ2n) is 8.72. The maximum atomic E-state index is 13.9. The zero-order valence-corrected chi connectivity index (χ0v) is 19.9. The third-order valence-electron chi connectivity index (χ3n) is 6.37. The average molecular weight is 464 g/mol. The van der Waals surface area contributed by atoms with Gasteiger partial charge in [-0.2, -0.15) is 0 Å². The van der Waals surface area contributed by atoms with Crippen molar-refractivity contribution in [2.45, 2.75) is 18.9 Å². The van der Waals surface area contributed by atoms with Gasteiger partial charge in [0.05, 0.1) is 12.2 Å². The predicted octanol–water partition coefficient (Wildman–Crippen LogP) is 2.59. The molecule has 178 valence electrons. The highest BCUT2D eigenvalue weighted by Gasteiger charge is 2.66. The number of ketones is 1. The Morgan fingerprint density at radius 1 is 1.06 bits per heavy atom. The van der Waals surface area contributed by atoms with Crippen molar-refractivity contribution in [2.75, 3.05) is 45.7 Å². The number of ether oxygens (including phenoxy) is 1. The van der Waals surface area contributed by atoms with Crippen molar-refractivity contribution >= 4 is 29.0 Å². The van der Waals surface area contributed by atoms with Crippen molar-refractivity contribution in [1.29, 1.82) is 0 Å². The highest BCUT2D eigenvalue weighted by atomic mass is 16.5. The summed E-state index contributed by atoms with van der Waals surface area (Å²) in [6, 6.07) is 13.7. The highest BCUT2D eigenvalue weighted by molar-refractivity contribution is 6.50. The quantitative estimate of drug-likeness (QED) is 0.386. The molecule has 2 amide bonds. The minimum atomic E-state index is -1.71. The van der Waals surface area contributed by atoms with Crippen LogP contribution in [0.25, 0.3) is 5.76 Å². The minimum Gasteiger partial charge on any atom is -0.507 e. The molecule has 1 N–H and O–H groups in total. The topological polar surface area (TPSA) is 90.4 Å². The van der Waals surface area contributed by atoms with Gasteiger partial charge in [0, 0.05) is 30.4 Å². The first-order chi connectivity index (χ1) is 16.2. The summed E-state index contributed by atoms with van der Waals surface area (Å²) in [5.41, 5.74) is -0.472. The third-order valence-corrected chi connectivity index (χ3v) is 6.37. The minimum absolute atomic E-state index is 0.191. The Labute approximate surface area is 199 Å². The maximum Gasteiger partial charge on any atom is 0.296 e. The molecule has 0 unspecified atom stereocenters. The Hall–Kier alpha value is -3.65. The first-order valence-electron chi connectivity index (χ1n) is 11.3. The molecule has 1 fully saturated rings. The van der Waals surface area contributed by atoms with Gasteiger partial charge in [-0.3, -0.25) is 14.4 Å². The van der Waals surface area contributed by atoms with Gasteiger partial charge in [-0.1, -0.05) is 18.2 Å². The van der Waals surface area contributed by atoms with Gasteiger partial charge in [-0.15, -0.1) is 0 Å². The van der Waals surface area contributed by atoms with Crippen LogP contribution in [0.5, 0.6) is 5.75 Å². The number of nitrogens with zero attached hydrogens (tertiary/aromatic N) is 3. The summed E-state index contributed by atoms with van der Waals surface area (Å²) in [7, 11) is 5.45. The lowest BCUT2D eigenvalue weighted by atomic mass is 9.82. The lowest BCUT2D eigenvalue weighted by Gasteiger charge is -2.34. The van der Waals surface area contributed by atoms with Crippen molar-refractivity contribution < 1.29 is 24.2 Å². The monoisotopic (exact) mass is 463 g/mol. The molecule has 1 atom stereocenters. The standard InChI is InChI=1S/C26H29N3O5/c1-5-34-18-13-11-17(12-14-18)22(30)21-23(31)24(32)29(16-8-15-27(2)3)26(21)19-9-6-7-10-20(19)28(4)25(26)33/h6-7,9-14,30H,5,8,15-16H2,1-4H3/t26-/m0/s1. The molecule has 34 heavy (non-hydrogen) atoms. The fraction of sp³-hybridized carbons (Fsp3) is 0.346. The van der Waals surface area contributed by atoms with E-state index in [4.69, 9.17) is 4.74 Å². The van der Waals surface area contributed by atoms with E-state index in [0.717, 1.165) is 0 Å². The lowest BCUT2D eigenvalue weighted by Crippen LogP contribution is -2.51. The Balaban J connectivity index is 1.93. The molecule has 0 saturated carbocycles. The number of amides is 2. The number of rotatable bonds is 7. The number of para-hydroxylation sites is 1. The van der Waals surface area contributed by atoms with Crippen molar-refractivity contribution in [3.63, 3.8) is 0 Å². The Morgan fingerprint density at radius 2 is 1.74 bits per heavy atom. The Bertz CT molecular complexity index is 1170. The van der Waals surface area contributed by atoms with E-state index in [1.807, 2.05) is 25.9 Å². The van der Waals surface area contributed by atoms with Crippen LogP contribution in [0.15, 0.2) is 54.1 Å². The molecule has 2 aromatic carbocycles. The zero-order valence-electron chi connectivity index (χ0n) is 19.9. The van der Waals surface area contributed by atoms with Crippen LogP contribution >= 0.6 is 0 Å². The molecule has 0 aliphatic carbocycles. The number of fused-ring (bicyclic) bond motifs is 2. The highest BCUT2D eigenvalue weighted by Crippen LogP contribution is 2.53. The second kappa shape index (κ2) is 8.95. The molecule has 2 aliphatic rings. The first-order valence-corrected chi connectivity index (χ1v) is 11.3. The molecule has 2 aliphatic heterocycles. The van der Waals surface area contributed by atoms with Gasteiger partial charge >= 0.3 is 0 Å². The molecule has 0 bridgehead atoms. The summed E-state index contributed by atoms with van der Waals surface area (Å²) in [5.74, 6) is -1.86. The van der Waals surface area contributed by atoms with Gasteiger partial charge in [0.1, 0.15) is 11.5 Å². The molecule has 2 aromatic rings. The van der Waals surface area contributed by atoms with E-state index in [-0.39, 0.29) is 17.9 Å². The number of likely N-dealkylation sites (tertiary alicyclic amines) is 1. The molecule has 8 heteroatoms. The lowest BCUT2D eigenvalue weighted by molar-refractivity contribution is -0.143. The van der Waals surface area contributed by atoms with Gasteiger partial charge < -0.3 is 24.5 Å². The van der Waals surface area contributed by atoms with Gasteiger partial charge in [0.2, 0.25) is 0 Å². The van der Waals surface area contributed by atoms with Crippen molar-refractivity contribution in [2.24, 2.45) is 0 Å². The number of carbonyl (C=O) groups is 3. The molecule has 0 aromatic heterocycles. The number of anilines is 1. The Morgan fingerprint density at radius 3 is 2.38 bits per heavy atom. The number of Topliss-reactive ketones (excluding diaryl/α,β-unsaturated/α-hetero) is 1. The maximum absolute atomic E-state index is 13.9. The largest absolute Gasteiger partial charge is 0.507 e. The number of aliphatic hydroxyl groups is 1. The smallest absolute Gasteiger partial charge is 0.296 e. The molecule has 8 nitrogen and oxygen atoms in total. The molecule has 2 heterocycles. The van der Waals surface area contributed by atoms with E-state index in [9.17, 15) is 19.5 Å². The number of hydrogen-bond acceptors (Lipinski definition) is 6. The number of carbonyl (C=O) groups excluding carboxylic acids is 3. The Kier molecular flexibility index (Phi) is 6.18. The van der Waals surface area contributed by atoms with Crippen LogP contribution in [-0.2, 0) is 19.9 Å². The van der Waals surface area contributed by atoms with Gasteiger partial charge in [0.25, 0.3) is 17.6 Å². The first kappa shape index (κ1) is 23.5. The molecule has 1 saturated heterocycles. The van der Waals surface area contributed by atoms with Crippen LogP contribution in [0.4, 0.5) is 5.69 Å². The van der Waals surface area contributed by atoms with E-state index in [1.165, 1.54) is 9.80 Å². The fourth-order valence-electron chi connectivity index (χ4n) is 4.84. The summed E-state index contributed by atoms with van der Waals surface area (Å²) < 4.78 is 5.46. The third kappa shape index (κ3) is 3.45. The SMILES string of the molecule is CCOc1ccc(C(O)=C2C(=O)C(=O)N(CCCN(C)C)[C@]23C(=O)N(C)c2ccccc23)cc1. The van der Waals surface area contributed by atoms with E-state index in [1.54, 1.807) is 55.6 Å². The molecule has 0 radical (unpaired) electrons.